The molecule has 17 heavy (non-hydrogen) atoms. The molecule has 90 valence electrons. The molecule has 5 heteroatoms. The van der Waals surface area contributed by atoms with Gasteiger partial charge in [0, 0.05) is 6.07 Å². The topological polar surface area (TPSA) is 70.3 Å². The normalized spacial score (nSPS) is 10.7. The summed E-state index contributed by atoms with van der Waals surface area (Å²) in [6.45, 7) is 3.17. The Morgan fingerprint density at radius 2 is 2.24 bits per heavy atom. The number of ether oxygens (including phenoxy) is 1. The maximum Gasteiger partial charge on any atom is 0.312 e. The van der Waals surface area contributed by atoms with E-state index in [1.165, 1.54) is 12.1 Å². The van der Waals surface area contributed by atoms with Gasteiger partial charge in [0.15, 0.2) is 0 Å². The van der Waals surface area contributed by atoms with Crippen molar-refractivity contribution in [2.45, 2.75) is 13.8 Å². The van der Waals surface area contributed by atoms with Crippen molar-refractivity contribution in [1.29, 1.82) is 5.26 Å². The summed E-state index contributed by atoms with van der Waals surface area (Å²) in [5.74, 6) is -0.486. The van der Waals surface area contributed by atoms with Crippen molar-refractivity contribution < 1.29 is 14.6 Å². The molecule has 0 aromatic heterocycles. The van der Waals surface area contributed by atoms with Crippen molar-refractivity contribution in [2.75, 3.05) is 6.61 Å². The van der Waals surface area contributed by atoms with Crippen LogP contribution in [0.5, 0.6) is 5.75 Å². The van der Waals surface area contributed by atoms with Crippen molar-refractivity contribution in [2.24, 2.45) is 5.41 Å². The predicted molar refractivity (Wildman–Crippen MR) is 63.1 cm³/mol. The molecular formula is C12H12ClNO3. The van der Waals surface area contributed by atoms with Gasteiger partial charge < -0.3 is 9.84 Å². The van der Waals surface area contributed by atoms with E-state index >= 15 is 0 Å². The fourth-order valence-electron chi connectivity index (χ4n) is 1.00. The van der Waals surface area contributed by atoms with Crippen LogP contribution >= 0.6 is 11.6 Å². The highest BCUT2D eigenvalue weighted by Crippen LogP contribution is 2.24. The van der Waals surface area contributed by atoms with Crippen molar-refractivity contribution >= 4 is 17.6 Å². The maximum absolute atomic E-state index is 10.9. The average molecular weight is 254 g/mol. The van der Waals surface area contributed by atoms with Crippen LogP contribution in [0, 0.1) is 16.7 Å². The second kappa shape index (κ2) is 5.07. The Morgan fingerprint density at radius 1 is 1.59 bits per heavy atom. The highest BCUT2D eigenvalue weighted by Gasteiger charge is 2.28. The Morgan fingerprint density at radius 3 is 2.71 bits per heavy atom. The van der Waals surface area contributed by atoms with E-state index in [9.17, 15) is 4.79 Å². The lowest BCUT2D eigenvalue weighted by atomic mass is 9.95. The Bertz CT molecular complexity index is 477. The summed E-state index contributed by atoms with van der Waals surface area (Å²) >= 11 is 5.82. The summed E-state index contributed by atoms with van der Waals surface area (Å²) < 4.78 is 5.34. The number of nitriles is 1. The summed E-state index contributed by atoms with van der Waals surface area (Å²) in [5, 5.41) is 17.9. The quantitative estimate of drug-likeness (QED) is 0.896. The molecule has 0 bridgehead atoms. The van der Waals surface area contributed by atoms with E-state index in [0.717, 1.165) is 0 Å². The van der Waals surface area contributed by atoms with Crippen molar-refractivity contribution in [3.05, 3.63) is 28.8 Å². The number of benzene rings is 1. The minimum Gasteiger partial charge on any atom is -0.492 e. The minimum absolute atomic E-state index is 0.0323. The largest absolute Gasteiger partial charge is 0.492 e. The molecule has 0 heterocycles. The highest BCUT2D eigenvalue weighted by molar-refractivity contribution is 6.31. The van der Waals surface area contributed by atoms with Crippen LogP contribution in [0.15, 0.2) is 18.2 Å². The van der Waals surface area contributed by atoms with E-state index in [1.54, 1.807) is 19.9 Å². The van der Waals surface area contributed by atoms with Crippen molar-refractivity contribution in [3.8, 4) is 11.8 Å². The van der Waals surface area contributed by atoms with Gasteiger partial charge in [0.1, 0.15) is 18.4 Å². The van der Waals surface area contributed by atoms with Crippen molar-refractivity contribution in [1.82, 2.24) is 0 Å². The molecule has 1 aromatic rings. The maximum atomic E-state index is 10.9. The van der Waals surface area contributed by atoms with Gasteiger partial charge in [0.25, 0.3) is 0 Å². The first-order chi connectivity index (χ1) is 7.86. The third kappa shape index (κ3) is 3.36. The second-order valence-electron chi connectivity index (χ2n) is 4.23. The average Bonchev–Trinajstić information content (AvgIpc) is 2.26. The highest BCUT2D eigenvalue weighted by atomic mass is 35.5. The van der Waals surface area contributed by atoms with Gasteiger partial charge in [-0.25, -0.2) is 0 Å². The van der Waals surface area contributed by atoms with Gasteiger partial charge in [-0.05, 0) is 26.0 Å². The lowest BCUT2D eigenvalue weighted by molar-refractivity contribution is -0.148. The van der Waals surface area contributed by atoms with E-state index in [2.05, 4.69) is 0 Å². The number of carboxylic acid groups (broad SMARTS) is 1. The summed E-state index contributed by atoms with van der Waals surface area (Å²) in [4.78, 5) is 10.9. The number of carboxylic acids is 1. The van der Waals surface area contributed by atoms with Gasteiger partial charge in [0.2, 0.25) is 0 Å². The van der Waals surface area contributed by atoms with Crippen LogP contribution in [-0.4, -0.2) is 17.7 Å². The Labute approximate surface area is 104 Å². The number of halogens is 1. The second-order valence-corrected chi connectivity index (χ2v) is 4.64. The fraction of sp³-hybridized carbons (Fsp3) is 0.333. The van der Waals surface area contributed by atoms with Gasteiger partial charge in [-0.15, -0.1) is 0 Å². The zero-order chi connectivity index (χ0) is 13.1. The molecule has 0 radical (unpaired) electrons. The summed E-state index contributed by atoms with van der Waals surface area (Å²) in [7, 11) is 0. The smallest absolute Gasteiger partial charge is 0.312 e. The molecular weight excluding hydrogens is 242 g/mol. The van der Waals surface area contributed by atoms with Crippen LogP contribution in [0.4, 0.5) is 0 Å². The molecule has 0 saturated heterocycles. The number of nitrogens with zero attached hydrogens (tertiary/aromatic N) is 1. The molecule has 0 saturated carbocycles. The van der Waals surface area contributed by atoms with E-state index in [-0.39, 0.29) is 11.6 Å². The monoisotopic (exact) mass is 253 g/mol. The van der Waals surface area contributed by atoms with Gasteiger partial charge in [0.05, 0.1) is 16.0 Å². The summed E-state index contributed by atoms with van der Waals surface area (Å²) in [5.41, 5.74) is -0.614. The van der Waals surface area contributed by atoms with Gasteiger partial charge in [-0.3, -0.25) is 4.79 Å². The van der Waals surface area contributed by atoms with Gasteiger partial charge in [-0.2, -0.15) is 5.26 Å². The van der Waals surface area contributed by atoms with E-state index in [0.29, 0.717) is 11.3 Å². The first-order valence-corrected chi connectivity index (χ1v) is 5.30. The van der Waals surface area contributed by atoms with Crippen LogP contribution in [0.1, 0.15) is 19.4 Å². The zero-order valence-electron chi connectivity index (χ0n) is 9.53. The van der Waals surface area contributed by atoms with Gasteiger partial charge in [-0.1, -0.05) is 11.6 Å². The lowest BCUT2D eigenvalue weighted by Crippen LogP contribution is -2.30. The molecule has 1 rings (SSSR count). The molecule has 0 unspecified atom stereocenters. The fourth-order valence-corrected chi connectivity index (χ4v) is 1.21. The SMILES string of the molecule is CC(C)(COc1ccc(C#N)c(Cl)c1)C(=O)O. The summed E-state index contributed by atoms with van der Waals surface area (Å²) in [6.07, 6.45) is 0. The van der Waals surface area contributed by atoms with E-state index in [4.69, 9.17) is 26.7 Å². The molecule has 0 aliphatic carbocycles. The standard InChI is InChI=1S/C12H12ClNO3/c1-12(2,11(15)16)7-17-9-4-3-8(6-14)10(13)5-9/h3-5H,7H2,1-2H3,(H,15,16). The lowest BCUT2D eigenvalue weighted by Gasteiger charge is -2.19. The first-order valence-electron chi connectivity index (χ1n) is 4.92. The van der Waals surface area contributed by atoms with Crippen molar-refractivity contribution in [3.63, 3.8) is 0 Å². The molecule has 0 atom stereocenters. The van der Waals surface area contributed by atoms with Crippen LogP contribution in [0.25, 0.3) is 0 Å². The van der Waals surface area contributed by atoms with Crippen LogP contribution < -0.4 is 4.74 Å². The molecule has 0 amide bonds. The minimum atomic E-state index is -0.972. The Hall–Kier alpha value is -1.73. The van der Waals surface area contributed by atoms with Gasteiger partial charge >= 0.3 is 5.97 Å². The molecule has 4 nitrogen and oxygen atoms in total. The summed E-state index contributed by atoms with van der Waals surface area (Å²) in [6, 6.07) is 6.55. The van der Waals surface area contributed by atoms with E-state index in [1.807, 2.05) is 6.07 Å². The number of carbonyl (C=O) groups is 1. The molecule has 0 aliphatic rings. The number of rotatable bonds is 4. The number of hydrogen-bond acceptors (Lipinski definition) is 3. The molecule has 0 fully saturated rings. The molecule has 1 N–H and O–H groups in total. The predicted octanol–water partition coefficient (Wildman–Crippen LogP) is 2.70. The zero-order valence-corrected chi connectivity index (χ0v) is 10.3. The van der Waals surface area contributed by atoms with Crippen LogP contribution in [0.3, 0.4) is 0 Å². The number of aliphatic carboxylic acids is 1. The Balaban J connectivity index is 2.75. The molecule has 1 aromatic carbocycles. The third-order valence-electron chi connectivity index (χ3n) is 2.24. The van der Waals surface area contributed by atoms with E-state index < -0.39 is 11.4 Å². The third-order valence-corrected chi connectivity index (χ3v) is 2.55. The first kappa shape index (κ1) is 13.3. The van der Waals surface area contributed by atoms with Crippen LogP contribution in [-0.2, 0) is 4.79 Å². The number of hydrogen-bond donors (Lipinski definition) is 1. The van der Waals surface area contributed by atoms with Crippen LogP contribution in [0.2, 0.25) is 5.02 Å². The molecule has 0 aliphatic heterocycles. The Kier molecular flexibility index (Phi) is 3.97. The molecule has 0 spiro atoms.